The van der Waals surface area contributed by atoms with E-state index in [4.69, 9.17) is 9.47 Å². The van der Waals surface area contributed by atoms with Gasteiger partial charge in [-0.25, -0.2) is 4.39 Å². The van der Waals surface area contributed by atoms with Crippen LogP contribution >= 0.6 is 11.3 Å². The first-order valence-corrected chi connectivity index (χ1v) is 8.80. The van der Waals surface area contributed by atoms with E-state index in [-0.39, 0.29) is 11.4 Å². The predicted molar refractivity (Wildman–Crippen MR) is 101 cm³/mol. The van der Waals surface area contributed by atoms with Crippen LogP contribution in [0.1, 0.15) is 5.56 Å². The van der Waals surface area contributed by atoms with Crippen molar-refractivity contribution in [3.05, 3.63) is 68.7 Å². The van der Waals surface area contributed by atoms with Gasteiger partial charge >= 0.3 is 0 Å². The van der Waals surface area contributed by atoms with Crippen LogP contribution in [0.25, 0.3) is 22.4 Å². The molecule has 6 nitrogen and oxygen atoms in total. The second kappa shape index (κ2) is 6.81. The first-order valence-electron chi connectivity index (χ1n) is 7.98. The molecule has 0 aliphatic carbocycles. The normalized spacial score (nSPS) is 11.9. The van der Waals surface area contributed by atoms with E-state index < -0.39 is 0 Å². The van der Waals surface area contributed by atoms with Gasteiger partial charge in [0, 0.05) is 5.56 Å². The number of halogens is 1. The minimum atomic E-state index is -0.322. The van der Waals surface area contributed by atoms with Crippen molar-refractivity contribution in [3.63, 3.8) is 0 Å². The molecule has 0 spiro atoms. The van der Waals surface area contributed by atoms with Crippen LogP contribution in [-0.2, 0) is 0 Å². The molecule has 0 saturated heterocycles. The molecular weight excluding hydrogens is 369 g/mol. The van der Waals surface area contributed by atoms with Crippen molar-refractivity contribution in [2.24, 2.45) is 0 Å². The van der Waals surface area contributed by atoms with E-state index in [1.807, 2.05) is 0 Å². The summed E-state index contributed by atoms with van der Waals surface area (Å²) in [6, 6.07) is 11.2. The fourth-order valence-electron chi connectivity index (χ4n) is 2.64. The Morgan fingerprint density at radius 2 is 1.81 bits per heavy atom. The van der Waals surface area contributed by atoms with Gasteiger partial charge in [0.2, 0.25) is 4.96 Å². The SMILES string of the molecule is COc1ccc(-c2nc3s/c(=C\c4ccc(F)cc4)c(=O)n3n2)cc1OC. The van der Waals surface area contributed by atoms with Crippen LogP contribution in [0.15, 0.2) is 47.3 Å². The zero-order valence-electron chi connectivity index (χ0n) is 14.5. The molecule has 0 unspecified atom stereocenters. The quantitative estimate of drug-likeness (QED) is 0.542. The molecule has 0 fully saturated rings. The largest absolute Gasteiger partial charge is 0.493 e. The first kappa shape index (κ1) is 17.2. The third-order valence-electron chi connectivity index (χ3n) is 3.99. The number of thiazole rings is 1. The zero-order chi connectivity index (χ0) is 19.0. The maximum atomic E-state index is 13.0. The topological polar surface area (TPSA) is 65.7 Å². The number of benzene rings is 2. The van der Waals surface area contributed by atoms with Crippen molar-refractivity contribution in [1.29, 1.82) is 0 Å². The minimum absolute atomic E-state index is 0.265. The zero-order valence-corrected chi connectivity index (χ0v) is 15.3. The van der Waals surface area contributed by atoms with E-state index in [0.29, 0.717) is 32.4 Å². The van der Waals surface area contributed by atoms with Gasteiger partial charge in [-0.2, -0.15) is 9.50 Å². The van der Waals surface area contributed by atoms with Crippen molar-refractivity contribution in [1.82, 2.24) is 14.6 Å². The Hall–Kier alpha value is -3.26. The highest BCUT2D eigenvalue weighted by atomic mass is 32.1. The van der Waals surface area contributed by atoms with Crippen LogP contribution in [0, 0.1) is 5.82 Å². The average molecular weight is 383 g/mol. The van der Waals surface area contributed by atoms with Crippen LogP contribution in [-0.4, -0.2) is 28.8 Å². The number of hydrogen-bond donors (Lipinski definition) is 0. The molecule has 0 aliphatic heterocycles. The maximum absolute atomic E-state index is 13.0. The molecule has 0 aliphatic rings. The molecular formula is C19H14FN3O3S. The summed E-state index contributed by atoms with van der Waals surface area (Å²) in [5, 5.41) is 4.32. The Morgan fingerprint density at radius 1 is 1.07 bits per heavy atom. The summed E-state index contributed by atoms with van der Waals surface area (Å²) in [5.41, 5.74) is 1.18. The van der Waals surface area contributed by atoms with Gasteiger partial charge in [-0.1, -0.05) is 23.5 Å². The molecule has 0 N–H and O–H groups in total. The second-order valence-electron chi connectivity index (χ2n) is 5.67. The Kier molecular flexibility index (Phi) is 4.33. The molecule has 136 valence electrons. The second-order valence-corrected chi connectivity index (χ2v) is 6.68. The van der Waals surface area contributed by atoms with Crippen molar-refractivity contribution in [2.45, 2.75) is 0 Å². The van der Waals surface area contributed by atoms with Crippen LogP contribution in [0.4, 0.5) is 4.39 Å². The van der Waals surface area contributed by atoms with Crippen LogP contribution in [0.5, 0.6) is 11.5 Å². The smallest absolute Gasteiger partial charge is 0.291 e. The van der Waals surface area contributed by atoms with Crippen molar-refractivity contribution < 1.29 is 13.9 Å². The number of aromatic nitrogens is 3. The summed E-state index contributed by atoms with van der Waals surface area (Å²) in [6.07, 6.45) is 1.69. The third kappa shape index (κ3) is 3.15. The fourth-order valence-corrected chi connectivity index (χ4v) is 3.55. The summed E-state index contributed by atoms with van der Waals surface area (Å²) in [4.78, 5) is 17.5. The summed E-state index contributed by atoms with van der Waals surface area (Å²) in [6.45, 7) is 0. The van der Waals surface area contributed by atoms with E-state index in [1.54, 1.807) is 50.6 Å². The van der Waals surface area contributed by atoms with Gasteiger partial charge in [0.05, 0.1) is 18.8 Å². The van der Waals surface area contributed by atoms with Crippen molar-refractivity contribution in [2.75, 3.05) is 14.2 Å². The summed E-state index contributed by atoms with van der Waals surface area (Å²) in [7, 11) is 3.11. The Bertz CT molecular complexity index is 1230. The van der Waals surface area contributed by atoms with Crippen LogP contribution in [0.3, 0.4) is 0 Å². The molecule has 0 atom stereocenters. The van der Waals surface area contributed by atoms with Gasteiger partial charge in [0.25, 0.3) is 5.56 Å². The number of fused-ring (bicyclic) bond motifs is 1. The van der Waals surface area contributed by atoms with E-state index >= 15 is 0 Å². The standard InChI is InChI=1S/C19H14FN3O3S/c1-25-14-8-5-12(10-15(14)26-2)17-21-19-23(22-17)18(24)16(27-19)9-11-3-6-13(20)7-4-11/h3-10H,1-2H3/b16-9-. The summed E-state index contributed by atoms with van der Waals surface area (Å²) >= 11 is 1.23. The van der Waals surface area contributed by atoms with Gasteiger partial charge in [-0.3, -0.25) is 4.79 Å². The average Bonchev–Trinajstić information content (AvgIpc) is 3.23. The lowest BCUT2D eigenvalue weighted by atomic mass is 10.2. The molecule has 0 radical (unpaired) electrons. The molecule has 27 heavy (non-hydrogen) atoms. The number of ether oxygens (including phenoxy) is 2. The van der Waals surface area contributed by atoms with Gasteiger partial charge < -0.3 is 9.47 Å². The molecule has 4 aromatic rings. The molecule has 4 rings (SSSR count). The molecule has 0 saturated carbocycles. The van der Waals surface area contributed by atoms with E-state index in [2.05, 4.69) is 10.1 Å². The Morgan fingerprint density at radius 3 is 2.48 bits per heavy atom. The minimum Gasteiger partial charge on any atom is -0.493 e. The highest BCUT2D eigenvalue weighted by molar-refractivity contribution is 7.15. The fraction of sp³-hybridized carbons (Fsp3) is 0.105. The third-order valence-corrected chi connectivity index (χ3v) is 4.95. The summed E-state index contributed by atoms with van der Waals surface area (Å²) in [5.74, 6) is 1.26. The lowest BCUT2D eigenvalue weighted by Gasteiger charge is -2.07. The van der Waals surface area contributed by atoms with Crippen molar-refractivity contribution in [3.8, 4) is 22.9 Å². The number of hydrogen-bond acceptors (Lipinski definition) is 6. The Labute approximate surface area is 157 Å². The van der Waals surface area contributed by atoms with E-state index in [9.17, 15) is 9.18 Å². The molecule has 0 bridgehead atoms. The first-order chi connectivity index (χ1) is 13.1. The molecule has 2 aromatic heterocycles. The summed E-state index contributed by atoms with van der Waals surface area (Å²) < 4.78 is 25.3. The number of rotatable bonds is 4. The lowest BCUT2D eigenvalue weighted by Crippen LogP contribution is -2.23. The van der Waals surface area contributed by atoms with Gasteiger partial charge in [-0.15, -0.1) is 5.10 Å². The predicted octanol–water partition coefficient (Wildman–Crippen LogP) is 2.52. The van der Waals surface area contributed by atoms with Crippen LogP contribution in [0.2, 0.25) is 0 Å². The Balaban J connectivity index is 1.77. The van der Waals surface area contributed by atoms with Gasteiger partial charge in [0.15, 0.2) is 17.3 Å². The van der Waals surface area contributed by atoms with E-state index in [1.165, 1.54) is 28.0 Å². The molecule has 8 heteroatoms. The molecule has 2 heterocycles. The number of methoxy groups -OCH3 is 2. The highest BCUT2D eigenvalue weighted by Crippen LogP contribution is 2.31. The van der Waals surface area contributed by atoms with Crippen molar-refractivity contribution >= 4 is 22.4 Å². The number of nitrogens with zero attached hydrogens (tertiary/aromatic N) is 3. The van der Waals surface area contributed by atoms with E-state index in [0.717, 1.165) is 5.56 Å². The molecule has 2 aromatic carbocycles. The molecule has 0 amide bonds. The maximum Gasteiger partial charge on any atom is 0.291 e. The lowest BCUT2D eigenvalue weighted by molar-refractivity contribution is 0.355. The van der Waals surface area contributed by atoms with Gasteiger partial charge in [-0.05, 0) is 42.0 Å². The van der Waals surface area contributed by atoms with Gasteiger partial charge in [0.1, 0.15) is 5.82 Å². The van der Waals surface area contributed by atoms with Crippen LogP contribution < -0.4 is 19.6 Å². The highest BCUT2D eigenvalue weighted by Gasteiger charge is 2.14. The monoisotopic (exact) mass is 383 g/mol.